The number of nitrogens with zero attached hydrogens (tertiary/aromatic N) is 4. The van der Waals surface area contributed by atoms with Gasteiger partial charge in [0.1, 0.15) is 5.75 Å². The van der Waals surface area contributed by atoms with Crippen LogP contribution in [-0.2, 0) is 6.61 Å². The minimum absolute atomic E-state index is 0.0416. The first-order valence-corrected chi connectivity index (χ1v) is 12.9. The van der Waals surface area contributed by atoms with Gasteiger partial charge < -0.3 is 19.6 Å². The number of aliphatic hydroxyl groups excluding tert-OH is 1. The second kappa shape index (κ2) is 12.2. The molecule has 5 rings (SSSR count). The summed E-state index contributed by atoms with van der Waals surface area (Å²) >= 11 is 0. The number of anilines is 6. The van der Waals surface area contributed by atoms with Crippen LogP contribution in [0.15, 0.2) is 121 Å². The first-order chi connectivity index (χ1) is 20.4. The predicted octanol–water partition coefficient (Wildman–Crippen LogP) is 7.94. The van der Waals surface area contributed by atoms with Crippen molar-refractivity contribution in [1.82, 2.24) is 0 Å². The van der Waals surface area contributed by atoms with Crippen molar-refractivity contribution in [3.05, 3.63) is 147 Å². The van der Waals surface area contributed by atoms with Crippen LogP contribution in [0.3, 0.4) is 0 Å². The van der Waals surface area contributed by atoms with E-state index in [1.807, 2.05) is 77.7 Å². The van der Waals surface area contributed by atoms with Gasteiger partial charge in [-0.25, -0.2) is 0 Å². The lowest BCUT2D eigenvalue weighted by Crippen LogP contribution is -2.12. The molecule has 0 aliphatic carbocycles. The van der Waals surface area contributed by atoms with Gasteiger partial charge in [-0.2, -0.15) is 0 Å². The zero-order valence-corrected chi connectivity index (χ0v) is 22.5. The third kappa shape index (κ3) is 5.88. The molecule has 210 valence electrons. The molecule has 0 saturated carbocycles. The number of benzene rings is 5. The fraction of sp³-hybridized carbons (Fsp3) is 0.0625. The van der Waals surface area contributed by atoms with Crippen molar-refractivity contribution in [2.75, 3.05) is 16.9 Å². The largest absolute Gasteiger partial charge is 0.497 e. The highest BCUT2D eigenvalue weighted by Crippen LogP contribution is 2.40. The maximum absolute atomic E-state index is 11.2. The maximum Gasteiger partial charge on any atom is 0.269 e. The number of non-ortho nitro benzene ring substituents is 2. The van der Waals surface area contributed by atoms with Crippen LogP contribution in [0.2, 0.25) is 0 Å². The van der Waals surface area contributed by atoms with Crippen LogP contribution in [0.5, 0.6) is 5.75 Å². The van der Waals surface area contributed by atoms with Gasteiger partial charge >= 0.3 is 0 Å². The average molecular weight is 563 g/mol. The lowest BCUT2D eigenvalue weighted by atomic mass is 10.1. The van der Waals surface area contributed by atoms with E-state index in [9.17, 15) is 25.3 Å². The lowest BCUT2D eigenvalue weighted by Gasteiger charge is -2.28. The highest BCUT2D eigenvalue weighted by molar-refractivity contribution is 5.81. The number of nitro groups is 2. The van der Waals surface area contributed by atoms with Crippen molar-refractivity contribution in [2.24, 2.45) is 0 Å². The Labute approximate surface area is 241 Å². The number of hydrogen-bond donors (Lipinski definition) is 1. The third-order valence-electron chi connectivity index (χ3n) is 6.71. The van der Waals surface area contributed by atoms with Crippen LogP contribution in [0, 0.1) is 20.2 Å². The molecule has 0 heterocycles. The van der Waals surface area contributed by atoms with E-state index in [2.05, 4.69) is 4.90 Å². The molecule has 0 amide bonds. The summed E-state index contributed by atoms with van der Waals surface area (Å²) in [6.07, 6.45) is 0. The van der Waals surface area contributed by atoms with Gasteiger partial charge in [0.15, 0.2) is 0 Å². The fourth-order valence-corrected chi connectivity index (χ4v) is 4.57. The normalized spacial score (nSPS) is 10.6. The van der Waals surface area contributed by atoms with Gasteiger partial charge in [-0.15, -0.1) is 0 Å². The van der Waals surface area contributed by atoms with Gasteiger partial charge in [0.05, 0.1) is 23.6 Å². The Kier molecular flexibility index (Phi) is 8.07. The first kappa shape index (κ1) is 27.8. The molecule has 42 heavy (non-hydrogen) atoms. The Hall–Kier alpha value is -5.74. The van der Waals surface area contributed by atoms with Crippen LogP contribution in [0.25, 0.3) is 0 Å². The Morgan fingerprint density at radius 3 is 1.12 bits per heavy atom. The summed E-state index contributed by atoms with van der Waals surface area (Å²) in [4.78, 5) is 25.5. The van der Waals surface area contributed by atoms with Crippen LogP contribution < -0.4 is 14.5 Å². The second-order valence-electron chi connectivity index (χ2n) is 9.26. The molecule has 0 atom stereocenters. The number of methoxy groups -OCH3 is 1. The van der Waals surface area contributed by atoms with Crippen LogP contribution in [0.4, 0.5) is 45.5 Å². The number of hydrogen-bond acceptors (Lipinski definition) is 8. The van der Waals surface area contributed by atoms with Gasteiger partial charge in [-0.1, -0.05) is 12.1 Å². The summed E-state index contributed by atoms with van der Waals surface area (Å²) in [5.41, 5.74) is 5.38. The molecule has 0 aliphatic heterocycles. The van der Waals surface area contributed by atoms with Crippen molar-refractivity contribution in [2.45, 2.75) is 6.61 Å². The molecule has 1 N–H and O–H groups in total. The van der Waals surface area contributed by atoms with Crippen molar-refractivity contribution < 1.29 is 19.7 Å². The third-order valence-corrected chi connectivity index (χ3v) is 6.71. The fourth-order valence-electron chi connectivity index (χ4n) is 4.57. The molecular weight excluding hydrogens is 536 g/mol. The van der Waals surface area contributed by atoms with E-state index in [1.165, 1.54) is 24.3 Å². The van der Waals surface area contributed by atoms with Crippen molar-refractivity contribution in [3.63, 3.8) is 0 Å². The molecule has 0 radical (unpaired) electrons. The van der Waals surface area contributed by atoms with Gasteiger partial charge in [-0.05, 0) is 90.5 Å². The van der Waals surface area contributed by atoms with Crippen LogP contribution >= 0.6 is 0 Å². The Morgan fingerprint density at radius 1 is 0.548 bits per heavy atom. The molecule has 10 heteroatoms. The van der Waals surface area contributed by atoms with Gasteiger partial charge in [0.2, 0.25) is 0 Å². The van der Waals surface area contributed by atoms with Crippen molar-refractivity contribution in [3.8, 4) is 5.75 Å². The molecular formula is C32H26N4O6. The molecule has 0 spiro atoms. The lowest BCUT2D eigenvalue weighted by molar-refractivity contribution is -0.385. The first-order valence-electron chi connectivity index (χ1n) is 12.9. The number of rotatable bonds is 10. The highest BCUT2D eigenvalue weighted by Gasteiger charge is 2.18. The van der Waals surface area contributed by atoms with Crippen molar-refractivity contribution >= 4 is 45.5 Å². The van der Waals surface area contributed by atoms with E-state index in [0.29, 0.717) is 11.4 Å². The summed E-state index contributed by atoms with van der Waals surface area (Å²) in [6, 6.07) is 35.2. The molecule has 0 aromatic heterocycles. The summed E-state index contributed by atoms with van der Waals surface area (Å²) in [5, 5.41) is 32.0. The monoisotopic (exact) mass is 562 g/mol. The average Bonchev–Trinajstić information content (AvgIpc) is 3.03. The Bertz CT molecular complexity index is 1570. The molecule has 10 nitrogen and oxygen atoms in total. The quantitative estimate of drug-likeness (QED) is 0.134. The Balaban J connectivity index is 1.57. The smallest absolute Gasteiger partial charge is 0.269 e. The summed E-state index contributed by atoms with van der Waals surface area (Å²) in [7, 11) is 1.61. The van der Waals surface area contributed by atoms with E-state index >= 15 is 0 Å². The zero-order chi connectivity index (χ0) is 29.6. The van der Waals surface area contributed by atoms with E-state index in [4.69, 9.17) is 4.74 Å². The number of ether oxygens (including phenoxy) is 1. The van der Waals surface area contributed by atoms with Gasteiger partial charge in [0.25, 0.3) is 11.4 Å². The SMILES string of the molecule is COc1ccc(N(c2ccc(CO)cc2)c2ccc(N(c3ccc([N+](=O)[O-])cc3)c3ccc([N+](=O)[O-])cc3)cc2)cc1. The maximum atomic E-state index is 11.2. The van der Waals surface area contributed by atoms with Crippen LogP contribution in [0.1, 0.15) is 5.56 Å². The Morgan fingerprint density at radius 2 is 0.833 bits per heavy atom. The second-order valence-corrected chi connectivity index (χ2v) is 9.26. The predicted molar refractivity (Wildman–Crippen MR) is 162 cm³/mol. The van der Waals surface area contributed by atoms with Crippen molar-refractivity contribution in [1.29, 1.82) is 0 Å². The summed E-state index contributed by atoms with van der Waals surface area (Å²) in [6.45, 7) is -0.0569. The standard InChI is InChI=1S/C32H26N4O6/c1-42-32-20-18-29(19-21-32)33(24-4-2-23(22-37)3-5-24)25-6-8-26(9-7-25)34(27-10-14-30(15-11-27)35(38)39)28-12-16-31(17-13-28)36(40)41/h2-21,37H,22H2,1H3. The molecule has 0 bridgehead atoms. The van der Waals surface area contributed by atoms with Gasteiger partial charge in [-0.3, -0.25) is 20.2 Å². The summed E-state index contributed by atoms with van der Waals surface area (Å²) < 4.78 is 5.33. The summed E-state index contributed by atoms with van der Waals surface area (Å²) in [5.74, 6) is 0.728. The van der Waals surface area contributed by atoms with E-state index < -0.39 is 9.85 Å². The number of aliphatic hydroxyl groups is 1. The zero-order valence-electron chi connectivity index (χ0n) is 22.5. The molecule has 0 unspecified atom stereocenters. The molecule has 0 saturated heterocycles. The minimum atomic E-state index is -0.463. The minimum Gasteiger partial charge on any atom is -0.497 e. The molecule has 0 aliphatic rings. The van der Waals surface area contributed by atoms with Gasteiger partial charge in [0, 0.05) is 58.4 Å². The van der Waals surface area contributed by atoms with E-state index in [-0.39, 0.29) is 18.0 Å². The molecule has 5 aromatic rings. The van der Waals surface area contributed by atoms with E-state index in [1.54, 1.807) is 31.4 Å². The van der Waals surface area contributed by atoms with Crippen LogP contribution in [-0.4, -0.2) is 22.1 Å². The number of nitro benzene ring substituents is 2. The highest BCUT2D eigenvalue weighted by atomic mass is 16.6. The van der Waals surface area contributed by atoms with E-state index in [0.717, 1.165) is 34.1 Å². The molecule has 0 fully saturated rings. The molecule has 5 aromatic carbocycles. The topological polar surface area (TPSA) is 122 Å².